The van der Waals surface area contributed by atoms with Crippen molar-refractivity contribution in [3.05, 3.63) is 83.2 Å². The highest BCUT2D eigenvalue weighted by molar-refractivity contribution is 6.04. The maximum Gasteiger partial charge on any atom is 0.333 e. The van der Waals surface area contributed by atoms with Gasteiger partial charge in [-0.1, -0.05) is 6.07 Å². The Kier molecular flexibility index (Phi) is 3.89. The van der Waals surface area contributed by atoms with Crippen molar-refractivity contribution in [1.82, 2.24) is 24.1 Å². The molecule has 0 bridgehead atoms. The van der Waals surface area contributed by atoms with Gasteiger partial charge in [-0.2, -0.15) is 9.65 Å². The summed E-state index contributed by atoms with van der Waals surface area (Å²) in [6.45, 7) is 0. The number of halogens is 1. The molecule has 0 saturated heterocycles. The zero-order valence-corrected chi connectivity index (χ0v) is 15.7. The second-order valence-corrected chi connectivity index (χ2v) is 6.76. The van der Waals surface area contributed by atoms with Crippen LogP contribution in [0.2, 0.25) is 0 Å². The first kappa shape index (κ1) is 17.7. The molecule has 30 heavy (non-hydrogen) atoms. The van der Waals surface area contributed by atoms with Crippen LogP contribution in [0.15, 0.2) is 65.8 Å². The molecule has 0 atom stereocenters. The summed E-state index contributed by atoms with van der Waals surface area (Å²) >= 11 is 0. The molecule has 8 heteroatoms. The van der Waals surface area contributed by atoms with Gasteiger partial charge in [0, 0.05) is 24.2 Å². The van der Waals surface area contributed by atoms with Gasteiger partial charge in [0.05, 0.1) is 34.6 Å². The molecule has 0 radical (unpaired) electrons. The van der Waals surface area contributed by atoms with Crippen molar-refractivity contribution in [2.24, 2.45) is 7.05 Å². The molecule has 5 rings (SSSR count). The summed E-state index contributed by atoms with van der Waals surface area (Å²) in [7, 11) is 1.66. The minimum absolute atomic E-state index is 0.257. The normalized spacial score (nSPS) is 11.1. The van der Waals surface area contributed by atoms with E-state index in [0.29, 0.717) is 38.8 Å². The predicted octanol–water partition coefficient (Wildman–Crippen LogP) is 3.35. The van der Waals surface area contributed by atoms with E-state index in [2.05, 4.69) is 15.0 Å². The Bertz CT molecular complexity index is 1540. The van der Waals surface area contributed by atoms with E-state index in [1.165, 1.54) is 21.5 Å². The van der Waals surface area contributed by atoms with Crippen molar-refractivity contribution in [3.63, 3.8) is 0 Å². The quantitative estimate of drug-likeness (QED) is 0.427. The summed E-state index contributed by atoms with van der Waals surface area (Å²) in [6, 6.07) is 13.9. The minimum Gasteiger partial charge on any atom is -0.293 e. The Labute approximate surface area is 169 Å². The van der Waals surface area contributed by atoms with Crippen molar-refractivity contribution in [1.29, 1.82) is 5.26 Å². The topological polar surface area (TPSA) is 89.4 Å². The highest BCUT2D eigenvalue weighted by atomic mass is 19.1. The first-order valence-electron chi connectivity index (χ1n) is 9.06. The van der Waals surface area contributed by atoms with Crippen LogP contribution in [0.4, 0.5) is 4.39 Å². The highest BCUT2D eigenvalue weighted by Crippen LogP contribution is 2.30. The zero-order valence-electron chi connectivity index (χ0n) is 15.7. The van der Waals surface area contributed by atoms with Crippen molar-refractivity contribution in [3.8, 4) is 22.9 Å². The fourth-order valence-corrected chi connectivity index (χ4v) is 3.59. The Balaban J connectivity index is 1.87. The number of nitriles is 1. The number of imidazole rings is 1. The number of fused-ring (bicyclic) bond motifs is 3. The van der Waals surface area contributed by atoms with Gasteiger partial charge in [0.15, 0.2) is 0 Å². The van der Waals surface area contributed by atoms with Gasteiger partial charge < -0.3 is 0 Å². The van der Waals surface area contributed by atoms with E-state index in [0.717, 1.165) is 0 Å². The third-order valence-corrected chi connectivity index (χ3v) is 5.07. The van der Waals surface area contributed by atoms with Gasteiger partial charge in [0.25, 0.3) is 0 Å². The Morgan fingerprint density at radius 1 is 1.07 bits per heavy atom. The van der Waals surface area contributed by atoms with Crippen LogP contribution < -0.4 is 5.69 Å². The van der Waals surface area contributed by atoms with E-state index in [9.17, 15) is 9.18 Å². The first-order valence-corrected chi connectivity index (χ1v) is 9.06. The molecular weight excluding hydrogens is 383 g/mol. The molecule has 4 heterocycles. The lowest BCUT2D eigenvalue weighted by Crippen LogP contribution is -2.21. The molecule has 0 unspecified atom stereocenters. The standard InChI is InChI=1S/C22H13FN6O/c1-28-19-12-27-18-7-4-13(16-3-2-8-25-21(16)23)9-17(18)20(19)29(22(28)30)15-6-5-14(10-24)26-11-15/h2-9,11-12H,1H3. The van der Waals surface area contributed by atoms with E-state index in [4.69, 9.17) is 5.26 Å². The van der Waals surface area contributed by atoms with Crippen LogP contribution in [0.25, 0.3) is 38.8 Å². The summed E-state index contributed by atoms with van der Waals surface area (Å²) in [5.74, 6) is -0.571. The maximum atomic E-state index is 14.3. The van der Waals surface area contributed by atoms with Crippen molar-refractivity contribution < 1.29 is 4.39 Å². The van der Waals surface area contributed by atoms with Crippen molar-refractivity contribution in [2.45, 2.75) is 0 Å². The van der Waals surface area contributed by atoms with Gasteiger partial charge in [-0.15, -0.1) is 0 Å². The molecule has 1 aromatic carbocycles. The third kappa shape index (κ3) is 2.57. The molecule has 0 amide bonds. The predicted molar refractivity (Wildman–Crippen MR) is 110 cm³/mol. The Hall–Kier alpha value is -4.38. The molecule has 0 aliphatic carbocycles. The highest BCUT2D eigenvalue weighted by Gasteiger charge is 2.17. The van der Waals surface area contributed by atoms with Gasteiger partial charge >= 0.3 is 5.69 Å². The van der Waals surface area contributed by atoms with Gasteiger partial charge in [0.1, 0.15) is 11.8 Å². The van der Waals surface area contributed by atoms with E-state index < -0.39 is 5.95 Å². The van der Waals surface area contributed by atoms with E-state index in [-0.39, 0.29) is 11.4 Å². The van der Waals surface area contributed by atoms with Crippen LogP contribution in [0, 0.1) is 17.3 Å². The lowest BCUT2D eigenvalue weighted by Gasteiger charge is -2.08. The van der Waals surface area contributed by atoms with Crippen LogP contribution in [0.3, 0.4) is 0 Å². The number of aromatic nitrogens is 5. The molecule has 144 valence electrons. The number of hydrogen-bond acceptors (Lipinski definition) is 5. The van der Waals surface area contributed by atoms with Gasteiger partial charge in [0.2, 0.25) is 5.95 Å². The Morgan fingerprint density at radius 2 is 1.93 bits per heavy atom. The third-order valence-electron chi connectivity index (χ3n) is 5.07. The molecular formula is C22H13FN6O. The molecule has 7 nitrogen and oxygen atoms in total. The number of nitrogens with zero attached hydrogens (tertiary/aromatic N) is 6. The number of rotatable bonds is 2. The summed E-state index contributed by atoms with van der Waals surface area (Å²) < 4.78 is 17.3. The SMILES string of the molecule is Cn1c(=O)n(-c2ccc(C#N)nc2)c2c3cc(-c4cccnc4F)ccc3ncc21. The van der Waals surface area contributed by atoms with E-state index in [1.807, 2.05) is 6.07 Å². The second kappa shape index (κ2) is 6.60. The fraction of sp³-hybridized carbons (Fsp3) is 0.0455. The average Bonchev–Trinajstić information content (AvgIpc) is 3.04. The first-order chi connectivity index (χ1) is 14.6. The molecule has 0 N–H and O–H groups in total. The smallest absolute Gasteiger partial charge is 0.293 e. The van der Waals surface area contributed by atoms with Gasteiger partial charge in [-0.05, 0) is 42.0 Å². The maximum absolute atomic E-state index is 14.3. The van der Waals surface area contributed by atoms with E-state index >= 15 is 0 Å². The summed E-state index contributed by atoms with van der Waals surface area (Å²) in [4.78, 5) is 25.3. The molecule has 4 aromatic heterocycles. The average molecular weight is 396 g/mol. The number of aryl methyl sites for hydroxylation is 1. The molecule has 0 aliphatic rings. The summed E-state index contributed by atoms with van der Waals surface area (Å²) in [5, 5.41) is 9.69. The lowest BCUT2D eigenvalue weighted by atomic mass is 10.0. The van der Waals surface area contributed by atoms with Crippen LogP contribution in [0.5, 0.6) is 0 Å². The van der Waals surface area contributed by atoms with Crippen molar-refractivity contribution in [2.75, 3.05) is 0 Å². The van der Waals surface area contributed by atoms with Crippen LogP contribution in [0.1, 0.15) is 5.69 Å². The summed E-state index contributed by atoms with van der Waals surface area (Å²) in [5.41, 5.74) is 3.42. The van der Waals surface area contributed by atoms with Crippen LogP contribution in [-0.2, 0) is 7.05 Å². The Morgan fingerprint density at radius 3 is 2.67 bits per heavy atom. The second-order valence-electron chi connectivity index (χ2n) is 6.76. The molecule has 5 aromatic rings. The molecule has 0 saturated carbocycles. The van der Waals surface area contributed by atoms with Crippen LogP contribution in [-0.4, -0.2) is 24.1 Å². The van der Waals surface area contributed by atoms with E-state index in [1.54, 1.807) is 55.7 Å². The lowest BCUT2D eigenvalue weighted by molar-refractivity contribution is 0.587. The molecule has 0 fully saturated rings. The molecule has 0 spiro atoms. The van der Waals surface area contributed by atoms with Gasteiger partial charge in [-0.3, -0.25) is 14.1 Å². The van der Waals surface area contributed by atoms with Crippen LogP contribution >= 0.6 is 0 Å². The number of hydrogen-bond donors (Lipinski definition) is 0. The summed E-state index contributed by atoms with van der Waals surface area (Å²) in [6.07, 6.45) is 4.51. The fourth-order valence-electron chi connectivity index (χ4n) is 3.59. The van der Waals surface area contributed by atoms with Gasteiger partial charge in [-0.25, -0.2) is 14.8 Å². The molecule has 0 aliphatic heterocycles. The minimum atomic E-state index is -0.571. The number of pyridine rings is 3. The monoisotopic (exact) mass is 396 g/mol. The number of benzene rings is 1. The largest absolute Gasteiger partial charge is 0.333 e. The van der Waals surface area contributed by atoms with Crippen molar-refractivity contribution >= 4 is 21.9 Å². The zero-order chi connectivity index (χ0) is 20.8.